The Morgan fingerprint density at radius 3 is 2.36 bits per heavy atom. The van der Waals surface area contributed by atoms with Gasteiger partial charge in [-0.15, -0.1) is 0 Å². The molecule has 13 heteroatoms. The molecule has 0 radical (unpaired) electrons. The van der Waals surface area contributed by atoms with Gasteiger partial charge in [0.15, 0.2) is 16.6 Å². The summed E-state index contributed by atoms with van der Waals surface area (Å²) in [4.78, 5) is 9.06. The van der Waals surface area contributed by atoms with Crippen LogP contribution in [0, 0.1) is 5.82 Å². The van der Waals surface area contributed by atoms with Crippen molar-refractivity contribution in [3.63, 3.8) is 0 Å². The Labute approximate surface area is 196 Å². The third-order valence-electron chi connectivity index (χ3n) is 4.52. The molecule has 5 N–H and O–H groups in total. The molecule has 2 aromatic carbocycles. The van der Waals surface area contributed by atoms with Crippen LogP contribution in [0.5, 0.6) is 17.2 Å². The van der Waals surface area contributed by atoms with Gasteiger partial charge in [-0.25, -0.2) is 9.37 Å². The second kappa shape index (κ2) is 9.00. The molecule has 0 atom stereocenters. The lowest BCUT2D eigenvalue weighted by Crippen LogP contribution is -1.97. The molecule has 0 aliphatic heterocycles. The highest BCUT2D eigenvalue weighted by Gasteiger charge is 2.21. The highest BCUT2D eigenvalue weighted by Crippen LogP contribution is 2.42. The monoisotopic (exact) mass is 492 g/mol. The van der Waals surface area contributed by atoms with Gasteiger partial charge in [0.05, 0.1) is 32.0 Å². The standard InChI is InChI=1S/C20H18ClFN6O4S/c1-29-13-4-8(5-14(30-2)15(13)31-3)25-20-26-17(24)16(33-20)19-27-18(28-32-19)9-6-12(23)11(22)7-10(9)21/h4-7H,23-24H2,1-3H3,(H,25,26). The number of halogens is 2. The largest absolute Gasteiger partial charge is 0.493 e. The minimum Gasteiger partial charge on any atom is -0.493 e. The van der Waals surface area contributed by atoms with Crippen molar-refractivity contribution in [2.45, 2.75) is 0 Å². The molecule has 0 fully saturated rings. The number of nitrogens with two attached hydrogens (primary N) is 2. The molecule has 0 bridgehead atoms. The van der Waals surface area contributed by atoms with Crippen LogP contribution >= 0.6 is 22.9 Å². The minimum absolute atomic E-state index is 0.0881. The summed E-state index contributed by atoms with van der Waals surface area (Å²) in [7, 11) is 4.57. The molecule has 4 rings (SSSR count). The Bertz CT molecular complexity index is 1300. The number of hydrogen-bond acceptors (Lipinski definition) is 11. The number of nitrogen functional groups attached to an aromatic ring is 2. The summed E-state index contributed by atoms with van der Waals surface area (Å²) >= 11 is 7.29. The smallest absolute Gasteiger partial charge is 0.272 e. The van der Waals surface area contributed by atoms with E-state index in [9.17, 15) is 4.39 Å². The molecule has 10 nitrogen and oxygen atoms in total. The maximum Gasteiger partial charge on any atom is 0.272 e. The number of ether oxygens (including phenoxy) is 3. The summed E-state index contributed by atoms with van der Waals surface area (Å²) < 4.78 is 35.0. The van der Waals surface area contributed by atoms with Gasteiger partial charge in [0.25, 0.3) is 5.89 Å². The number of thiazole rings is 1. The molecule has 0 aliphatic carbocycles. The van der Waals surface area contributed by atoms with Gasteiger partial charge in [0.2, 0.25) is 11.6 Å². The summed E-state index contributed by atoms with van der Waals surface area (Å²) in [5, 5.41) is 7.59. The third kappa shape index (κ3) is 4.30. The normalized spacial score (nSPS) is 10.8. The molecular weight excluding hydrogens is 475 g/mol. The highest BCUT2D eigenvalue weighted by atomic mass is 35.5. The second-order valence-electron chi connectivity index (χ2n) is 6.55. The van der Waals surface area contributed by atoms with Gasteiger partial charge in [0.1, 0.15) is 16.5 Å². The second-order valence-corrected chi connectivity index (χ2v) is 7.96. The SMILES string of the molecule is COc1cc(Nc2nc(N)c(-c3nc(-c4cc(N)c(F)cc4Cl)no3)s2)cc(OC)c1OC. The maximum absolute atomic E-state index is 13.6. The summed E-state index contributed by atoms with van der Waals surface area (Å²) in [6.45, 7) is 0. The Kier molecular flexibility index (Phi) is 6.11. The van der Waals surface area contributed by atoms with Crippen molar-refractivity contribution in [2.75, 3.05) is 38.1 Å². The van der Waals surface area contributed by atoms with Gasteiger partial charge in [0, 0.05) is 23.4 Å². The van der Waals surface area contributed by atoms with Crippen LogP contribution in [0.15, 0.2) is 28.8 Å². The molecule has 0 saturated heterocycles. The zero-order chi connectivity index (χ0) is 23.7. The van der Waals surface area contributed by atoms with Crippen LogP contribution < -0.4 is 31.0 Å². The van der Waals surface area contributed by atoms with E-state index in [1.165, 1.54) is 38.7 Å². The van der Waals surface area contributed by atoms with E-state index >= 15 is 0 Å². The fourth-order valence-electron chi connectivity index (χ4n) is 2.98. The van der Waals surface area contributed by atoms with Crippen LogP contribution in [0.2, 0.25) is 5.02 Å². The minimum atomic E-state index is -0.637. The maximum atomic E-state index is 13.6. The predicted octanol–water partition coefficient (Wildman–Crippen LogP) is 4.59. The number of rotatable bonds is 7. The fourth-order valence-corrected chi connectivity index (χ4v) is 4.04. The summed E-state index contributed by atoms with van der Waals surface area (Å²) in [5.41, 5.74) is 12.6. The Morgan fingerprint density at radius 2 is 1.73 bits per heavy atom. The van der Waals surface area contributed by atoms with E-state index in [-0.39, 0.29) is 28.2 Å². The molecule has 4 aromatic rings. The summed E-state index contributed by atoms with van der Waals surface area (Å²) in [6, 6.07) is 5.87. The first-order chi connectivity index (χ1) is 15.8. The number of nitrogens with zero attached hydrogens (tertiary/aromatic N) is 3. The van der Waals surface area contributed by atoms with Crippen LogP contribution in [0.4, 0.5) is 26.7 Å². The molecule has 0 unspecified atom stereocenters. The zero-order valence-electron chi connectivity index (χ0n) is 17.6. The zero-order valence-corrected chi connectivity index (χ0v) is 19.2. The third-order valence-corrected chi connectivity index (χ3v) is 5.80. The van der Waals surface area contributed by atoms with Crippen molar-refractivity contribution in [3.8, 4) is 39.4 Å². The van der Waals surface area contributed by atoms with E-state index in [4.69, 9.17) is 41.8 Å². The Morgan fingerprint density at radius 1 is 1.03 bits per heavy atom. The van der Waals surface area contributed by atoms with Crippen molar-refractivity contribution in [1.82, 2.24) is 15.1 Å². The number of benzene rings is 2. The van der Waals surface area contributed by atoms with Crippen molar-refractivity contribution < 1.29 is 23.1 Å². The molecule has 0 amide bonds. The lowest BCUT2D eigenvalue weighted by atomic mass is 10.2. The van der Waals surface area contributed by atoms with E-state index in [2.05, 4.69) is 20.4 Å². The molecule has 33 heavy (non-hydrogen) atoms. The molecular formula is C20H18ClFN6O4S. The molecule has 172 valence electrons. The van der Waals surface area contributed by atoms with Crippen molar-refractivity contribution >= 4 is 45.3 Å². The molecule has 2 heterocycles. The van der Waals surface area contributed by atoms with Crippen molar-refractivity contribution in [2.24, 2.45) is 0 Å². The number of aromatic nitrogens is 3. The molecule has 2 aromatic heterocycles. The summed E-state index contributed by atoms with van der Waals surface area (Å²) in [5.74, 6) is 1.20. The van der Waals surface area contributed by atoms with E-state index in [0.29, 0.717) is 38.5 Å². The number of nitrogens with one attached hydrogen (secondary N) is 1. The van der Waals surface area contributed by atoms with Gasteiger partial charge in [-0.05, 0) is 12.1 Å². The lowest BCUT2D eigenvalue weighted by molar-refractivity contribution is 0.324. The van der Waals surface area contributed by atoms with Gasteiger partial charge in [-0.3, -0.25) is 0 Å². The topological polar surface area (TPSA) is 144 Å². The average molecular weight is 493 g/mol. The van der Waals surface area contributed by atoms with Crippen LogP contribution in [0.3, 0.4) is 0 Å². The van der Waals surface area contributed by atoms with Gasteiger partial charge >= 0.3 is 0 Å². The fraction of sp³-hybridized carbons (Fsp3) is 0.150. The van der Waals surface area contributed by atoms with Crippen molar-refractivity contribution in [1.29, 1.82) is 0 Å². The molecule has 0 aliphatic rings. The van der Waals surface area contributed by atoms with Gasteiger partial charge < -0.3 is 35.5 Å². The molecule has 0 spiro atoms. The highest BCUT2D eigenvalue weighted by molar-refractivity contribution is 7.19. The van der Waals surface area contributed by atoms with E-state index < -0.39 is 5.82 Å². The van der Waals surface area contributed by atoms with Gasteiger partial charge in [-0.2, -0.15) is 4.98 Å². The van der Waals surface area contributed by atoms with Crippen LogP contribution in [-0.4, -0.2) is 36.5 Å². The van der Waals surface area contributed by atoms with Crippen LogP contribution in [0.25, 0.3) is 22.2 Å². The Hall–Kier alpha value is -3.77. The Balaban J connectivity index is 1.64. The summed E-state index contributed by atoms with van der Waals surface area (Å²) in [6.07, 6.45) is 0. The van der Waals surface area contributed by atoms with Crippen molar-refractivity contribution in [3.05, 3.63) is 35.1 Å². The van der Waals surface area contributed by atoms with E-state index in [1.54, 1.807) is 12.1 Å². The average Bonchev–Trinajstić information content (AvgIpc) is 3.41. The predicted molar refractivity (Wildman–Crippen MR) is 124 cm³/mol. The quantitative estimate of drug-likeness (QED) is 0.313. The number of anilines is 4. The number of hydrogen-bond donors (Lipinski definition) is 3. The first-order valence-corrected chi connectivity index (χ1v) is 10.5. The number of methoxy groups -OCH3 is 3. The van der Waals surface area contributed by atoms with E-state index in [1.807, 2.05) is 0 Å². The molecule has 0 saturated carbocycles. The van der Waals surface area contributed by atoms with Crippen LogP contribution in [0.1, 0.15) is 0 Å². The first kappa shape index (κ1) is 22.4. The van der Waals surface area contributed by atoms with E-state index in [0.717, 1.165) is 6.07 Å². The lowest BCUT2D eigenvalue weighted by Gasteiger charge is -2.14. The van der Waals surface area contributed by atoms with Gasteiger partial charge in [-0.1, -0.05) is 28.1 Å². The first-order valence-electron chi connectivity index (χ1n) is 9.26. The van der Waals surface area contributed by atoms with Crippen LogP contribution in [-0.2, 0) is 0 Å².